The Morgan fingerprint density at radius 2 is 1.33 bits per heavy atom. The smallest absolute Gasteiger partial charge is 0.302 e. The average Bonchev–Trinajstić information content (AvgIpc) is 3.55. The van der Waals surface area contributed by atoms with Crippen molar-refractivity contribution in [3.05, 3.63) is 131 Å². The second-order valence-electron chi connectivity index (χ2n) is 10.4. The Morgan fingerprint density at radius 3 is 1.91 bits per heavy atom. The maximum Gasteiger partial charge on any atom is 0.302 e. The molecule has 0 radical (unpaired) electrons. The standard InChI is InChI=1S/C33H28F2N4O3S3/c34-26-12-6-24(7-13-26)31(25-8-14-27(35)15-9-25)38-18-20-39(21-19-38)33(40)44-37-32-36-30(22-43-32)23-10-16-29(17-11-23)45(41,42)28-4-2-1-3-5-28/h1-17,22,31H,18-21H2,(H,36,37). The molecular weight excluding hydrogens is 635 g/mol. The lowest BCUT2D eigenvalue weighted by molar-refractivity contribution is 0.131. The fourth-order valence-corrected chi connectivity index (χ4v) is 7.91. The second-order valence-corrected chi connectivity index (χ2v) is 13.9. The number of carbonyl (C=O) groups excluding carboxylic acids is 1. The van der Waals surface area contributed by atoms with Crippen molar-refractivity contribution in [3.63, 3.8) is 0 Å². The predicted molar refractivity (Wildman–Crippen MR) is 174 cm³/mol. The van der Waals surface area contributed by atoms with Gasteiger partial charge in [-0.1, -0.05) is 54.6 Å². The van der Waals surface area contributed by atoms with Gasteiger partial charge in [-0.2, -0.15) is 0 Å². The van der Waals surface area contributed by atoms with Crippen LogP contribution in [-0.4, -0.2) is 54.6 Å². The summed E-state index contributed by atoms with van der Waals surface area (Å²) in [4.78, 5) is 22.0. The van der Waals surface area contributed by atoms with Crippen LogP contribution in [0, 0.1) is 11.6 Å². The Bertz CT molecular complexity index is 1820. The highest BCUT2D eigenvalue weighted by atomic mass is 32.2. The summed E-state index contributed by atoms with van der Waals surface area (Å²) in [5.74, 6) is -0.646. The Kier molecular flexibility index (Phi) is 9.27. The van der Waals surface area contributed by atoms with E-state index in [-0.39, 0.29) is 32.7 Å². The molecule has 0 saturated carbocycles. The molecule has 0 unspecified atom stereocenters. The number of hydrogen-bond acceptors (Lipinski definition) is 8. The number of benzene rings is 4. The number of carbonyl (C=O) groups is 1. The molecule has 4 aromatic carbocycles. The van der Waals surface area contributed by atoms with Gasteiger partial charge in [-0.15, -0.1) is 11.3 Å². The Morgan fingerprint density at radius 1 is 0.778 bits per heavy atom. The van der Waals surface area contributed by atoms with Gasteiger partial charge in [-0.25, -0.2) is 22.2 Å². The molecule has 0 spiro atoms. The first-order valence-corrected chi connectivity index (χ1v) is 17.3. The van der Waals surface area contributed by atoms with Crippen molar-refractivity contribution >= 4 is 43.5 Å². The van der Waals surface area contributed by atoms with Crippen molar-refractivity contribution in [2.24, 2.45) is 0 Å². The molecule has 0 bridgehead atoms. The number of hydrogen-bond donors (Lipinski definition) is 1. The molecule has 2 heterocycles. The minimum Gasteiger partial charge on any atom is -0.330 e. The highest BCUT2D eigenvalue weighted by molar-refractivity contribution is 8.14. The van der Waals surface area contributed by atoms with E-state index in [0.717, 1.165) is 28.6 Å². The maximum absolute atomic E-state index is 13.6. The number of nitrogens with zero attached hydrogens (tertiary/aromatic N) is 3. The van der Waals surface area contributed by atoms with Gasteiger partial charge in [0.25, 0.3) is 0 Å². The fourth-order valence-electron chi connectivity index (χ4n) is 5.21. The van der Waals surface area contributed by atoms with Gasteiger partial charge in [0.05, 0.1) is 21.5 Å². The van der Waals surface area contributed by atoms with Crippen LogP contribution in [0.4, 0.5) is 18.7 Å². The summed E-state index contributed by atoms with van der Waals surface area (Å²) >= 11 is 2.30. The molecular formula is C33H28F2N4O3S3. The van der Waals surface area contributed by atoms with Crippen LogP contribution >= 0.6 is 23.3 Å². The third-order valence-corrected chi connectivity index (χ3v) is 11.0. The molecule has 0 aliphatic carbocycles. The molecule has 1 aliphatic heterocycles. The normalized spacial score (nSPS) is 14.1. The number of thiazole rings is 1. The van der Waals surface area contributed by atoms with E-state index in [0.29, 0.717) is 37.0 Å². The number of anilines is 1. The molecule has 1 aromatic heterocycles. The van der Waals surface area contributed by atoms with Gasteiger partial charge in [-0.05, 0) is 59.7 Å². The van der Waals surface area contributed by atoms with Gasteiger partial charge in [0.2, 0.25) is 9.84 Å². The molecule has 7 nitrogen and oxygen atoms in total. The van der Waals surface area contributed by atoms with Gasteiger partial charge in [-0.3, -0.25) is 14.4 Å². The highest BCUT2D eigenvalue weighted by Gasteiger charge is 2.29. The second kappa shape index (κ2) is 13.5. The third-order valence-electron chi connectivity index (χ3n) is 7.55. The maximum atomic E-state index is 13.6. The number of sulfone groups is 1. The number of halogens is 2. The zero-order valence-electron chi connectivity index (χ0n) is 23.8. The van der Waals surface area contributed by atoms with Crippen LogP contribution in [-0.2, 0) is 9.84 Å². The molecule has 1 saturated heterocycles. The lowest BCUT2D eigenvalue weighted by atomic mass is 9.96. The highest BCUT2D eigenvalue weighted by Crippen LogP contribution is 2.32. The SMILES string of the molecule is O=C(SNc1nc(-c2ccc(S(=O)(=O)c3ccccc3)cc2)cs1)N1CCN(C(c2ccc(F)cc2)c2ccc(F)cc2)CC1. The van der Waals surface area contributed by atoms with Crippen LogP contribution < -0.4 is 4.72 Å². The topological polar surface area (TPSA) is 82.6 Å². The first-order valence-electron chi connectivity index (χ1n) is 14.1. The molecule has 0 atom stereocenters. The molecule has 1 amide bonds. The largest absolute Gasteiger partial charge is 0.330 e. The third kappa shape index (κ3) is 7.09. The minimum atomic E-state index is -3.61. The van der Waals surface area contributed by atoms with Gasteiger partial charge >= 0.3 is 5.24 Å². The first-order chi connectivity index (χ1) is 21.8. The van der Waals surface area contributed by atoms with Gasteiger partial charge in [0.1, 0.15) is 11.6 Å². The molecule has 1 aliphatic rings. The van der Waals surface area contributed by atoms with E-state index in [9.17, 15) is 22.0 Å². The van der Waals surface area contributed by atoms with Crippen LogP contribution in [0.3, 0.4) is 0 Å². The minimum absolute atomic E-state index is 0.137. The quantitative estimate of drug-likeness (QED) is 0.172. The number of rotatable bonds is 8. The summed E-state index contributed by atoms with van der Waals surface area (Å²) in [6.45, 7) is 2.16. The van der Waals surface area contributed by atoms with E-state index in [1.54, 1.807) is 83.8 Å². The van der Waals surface area contributed by atoms with Gasteiger partial charge < -0.3 is 4.90 Å². The molecule has 12 heteroatoms. The predicted octanol–water partition coefficient (Wildman–Crippen LogP) is 7.51. The number of amides is 1. The van der Waals surface area contributed by atoms with E-state index in [2.05, 4.69) is 14.6 Å². The number of aromatic nitrogens is 1. The van der Waals surface area contributed by atoms with Crippen LogP contribution in [0.5, 0.6) is 0 Å². The molecule has 1 N–H and O–H groups in total. The van der Waals surface area contributed by atoms with Crippen molar-refractivity contribution in [2.45, 2.75) is 15.8 Å². The summed E-state index contributed by atoms with van der Waals surface area (Å²) in [5.41, 5.74) is 3.22. The van der Waals surface area contributed by atoms with Gasteiger partial charge in [0.15, 0.2) is 5.13 Å². The first kappa shape index (κ1) is 30.9. The van der Waals surface area contributed by atoms with E-state index in [1.165, 1.54) is 35.6 Å². The van der Waals surface area contributed by atoms with Crippen LogP contribution in [0.25, 0.3) is 11.3 Å². The molecule has 45 heavy (non-hydrogen) atoms. The van der Waals surface area contributed by atoms with Crippen molar-refractivity contribution in [2.75, 3.05) is 30.9 Å². The Hall–Kier alpha value is -4.10. The van der Waals surface area contributed by atoms with E-state index >= 15 is 0 Å². The summed E-state index contributed by atoms with van der Waals surface area (Å²) in [6, 6.07) is 27.3. The lowest BCUT2D eigenvalue weighted by Gasteiger charge is -2.39. The van der Waals surface area contributed by atoms with Crippen LogP contribution in [0.15, 0.2) is 118 Å². The fraction of sp³-hybridized carbons (Fsp3) is 0.152. The summed E-state index contributed by atoms with van der Waals surface area (Å²) in [6.07, 6.45) is 0. The van der Waals surface area contributed by atoms with E-state index in [4.69, 9.17) is 0 Å². The number of piperazine rings is 1. The van der Waals surface area contributed by atoms with E-state index < -0.39 is 9.84 Å². The average molecular weight is 663 g/mol. The van der Waals surface area contributed by atoms with Crippen LogP contribution in [0.2, 0.25) is 0 Å². The van der Waals surface area contributed by atoms with E-state index in [1.807, 2.05) is 5.38 Å². The summed E-state index contributed by atoms with van der Waals surface area (Å²) in [7, 11) is -3.61. The summed E-state index contributed by atoms with van der Waals surface area (Å²) in [5, 5.41) is 2.26. The zero-order valence-corrected chi connectivity index (χ0v) is 26.3. The Balaban J connectivity index is 1.05. The van der Waals surface area contributed by atoms with Crippen molar-refractivity contribution in [1.29, 1.82) is 0 Å². The zero-order chi connectivity index (χ0) is 31.4. The van der Waals surface area contributed by atoms with Crippen molar-refractivity contribution in [1.82, 2.24) is 14.8 Å². The summed E-state index contributed by atoms with van der Waals surface area (Å²) < 4.78 is 56.1. The lowest BCUT2D eigenvalue weighted by Crippen LogP contribution is -2.49. The van der Waals surface area contributed by atoms with Crippen molar-refractivity contribution in [3.8, 4) is 11.3 Å². The monoisotopic (exact) mass is 662 g/mol. The number of nitrogens with one attached hydrogen (secondary N) is 1. The molecule has 230 valence electrons. The molecule has 6 rings (SSSR count). The van der Waals surface area contributed by atoms with Crippen LogP contribution in [0.1, 0.15) is 17.2 Å². The Labute approximate surface area is 268 Å². The molecule has 5 aromatic rings. The molecule has 1 fully saturated rings. The van der Waals surface area contributed by atoms with Gasteiger partial charge in [0, 0.05) is 49.1 Å². The van der Waals surface area contributed by atoms with Crippen molar-refractivity contribution < 1.29 is 22.0 Å².